The maximum absolute atomic E-state index is 12.1. The first-order valence-electron chi connectivity index (χ1n) is 8.71. The number of carbonyl (C=O) groups is 1. The van der Waals surface area contributed by atoms with Gasteiger partial charge in [-0.2, -0.15) is 0 Å². The molecular formula is C21H26N2O. The first kappa shape index (κ1) is 16.7. The molecule has 3 rings (SSSR count). The highest BCUT2D eigenvalue weighted by atomic mass is 16.1. The zero-order valence-electron chi connectivity index (χ0n) is 14.6. The molecule has 0 aromatic heterocycles. The summed E-state index contributed by atoms with van der Waals surface area (Å²) < 4.78 is 0. The SMILES string of the molecule is Cc1ccc(CCC(=O)NC[C@H]2Cc3ccccc3CN2C)cc1. The fraction of sp³-hybridized carbons (Fsp3) is 0.381. The largest absolute Gasteiger partial charge is 0.355 e. The van der Waals surface area contributed by atoms with Crippen LogP contribution >= 0.6 is 0 Å². The summed E-state index contributed by atoms with van der Waals surface area (Å²) in [6.07, 6.45) is 2.36. The molecule has 1 amide bonds. The molecule has 1 heterocycles. The Labute approximate surface area is 144 Å². The third kappa shape index (κ3) is 4.24. The van der Waals surface area contributed by atoms with E-state index in [-0.39, 0.29) is 5.91 Å². The Kier molecular flexibility index (Phi) is 5.31. The number of likely N-dealkylation sites (N-methyl/N-ethyl adjacent to an activating group) is 1. The lowest BCUT2D eigenvalue weighted by atomic mass is 9.94. The van der Waals surface area contributed by atoms with Crippen molar-refractivity contribution in [2.45, 2.75) is 38.8 Å². The summed E-state index contributed by atoms with van der Waals surface area (Å²) in [4.78, 5) is 14.5. The Balaban J connectivity index is 1.47. The Morgan fingerprint density at radius 2 is 1.83 bits per heavy atom. The van der Waals surface area contributed by atoms with Crippen LogP contribution in [0.3, 0.4) is 0 Å². The van der Waals surface area contributed by atoms with E-state index in [0.717, 1.165) is 25.9 Å². The Hall–Kier alpha value is -2.13. The topological polar surface area (TPSA) is 32.3 Å². The molecule has 0 spiro atoms. The van der Waals surface area contributed by atoms with Crippen molar-refractivity contribution < 1.29 is 4.79 Å². The quantitative estimate of drug-likeness (QED) is 0.917. The lowest BCUT2D eigenvalue weighted by Gasteiger charge is -2.34. The smallest absolute Gasteiger partial charge is 0.220 e. The van der Waals surface area contributed by atoms with Gasteiger partial charge in [0.15, 0.2) is 0 Å². The third-order valence-corrected chi connectivity index (χ3v) is 4.91. The highest BCUT2D eigenvalue weighted by molar-refractivity contribution is 5.76. The minimum Gasteiger partial charge on any atom is -0.355 e. The van der Waals surface area contributed by atoms with E-state index in [1.165, 1.54) is 22.3 Å². The molecule has 0 unspecified atom stereocenters. The molecule has 1 aliphatic rings. The van der Waals surface area contributed by atoms with Crippen molar-refractivity contribution in [3.8, 4) is 0 Å². The molecule has 3 nitrogen and oxygen atoms in total. The van der Waals surface area contributed by atoms with Gasteiger partial charge in [0.1, 0.15) is 0 Å². The molecular weight excluding hydrogens is 296 g/mol. The lowest BCUT2D eigenvalue weighted by Crippen LogP contribution is -2.45. The zero-order valence-corrected chi connectivity index (χ0v) is 14.6. The lowest BCUT2D eigenvalue weighted by molar-refractivity contribution is -0.121. The molecule has 0 radical (unpaired) electrons. The number of nitrogens with one attached hydrogen (secondary N) is 1. The van der Waals surface area contributed by atoms with Crippen LogP contribution in [0.2, 0.25) is 0 Å². The third-order valence-electron chi connectivity index (χ3n) is 4.91. The predicted octanol–water partition coefficient (Wildman–Crippen LogP) is 3.10. The van der Waals surface area contributed by atoms with Crippen LogP contribution in [0.1, 0.15) is 28.7 Å². The maximum Gasteiger partial charge on any atom is 0.220 e. The summed E-state index contributed by atoms with van der Waals surface area (Å²) in [6.45, 7) is 3.76. The van der Waals surface area contributed by atoms with Crippen molar-refractivity contribution in [3.63, 3.8) is 0 Å². The van der Waals surface area contributed by atoms with E-state index in [1.807, 2.05) is 0 Å². The number of aryl methyl sites for hydroxylation is 2. The molecule has 0 saturated carbocycles. The molecule has 1 N–H and O–H groups in total. The van der Waals surface area contributed by atoms with E-state index in [0.29, 0.717) is 12.5 Å². The summed E-state index contributed by atoms with van der Waals surface area (Å²) >= 11 is 0. The number of benzene rings is 2. The number of fused-ring (bicyclic) bond motifs is 1. The van der Waals surface area contributed by atoms with Crippen molar-refractivity contribution in [2.24, 2.45) is 0 Å². The van der Waals surface area contributed by atoms with E-state index in [1.54, 1.807) is 0 Å². The van der Waals surface area contributed by atoms with Crippen molar-refractivity contribution in [1.29, 1.82) is 0 Å². The molecule has 0 fully saturated rings. The van der Waals surface area contributed by atoms with E-state index in [2.05, 4.69) is 72.7 Å². The minimum atomic E-state index is 0.142. The molecule has 0 aliphatic carbocycles. The van der Waals surface area contributed by atoms with Gasteiger partial charge >= 0.3 is 0 Å². The molecule has 0 saturated heterocycles. The van der Waals surface area contributed by atoms with Gasteiger partial charge in [0, 0.05) is 25.6 Å². The second-order valence-electron chi connectivity index (χ2n) is 6.83. The van der Waals surface area contributed by atoms with Gasteiger partial charge in [0.05, 0.1) is 0 Å². The van der Waals surface area contributed by atoms with Crippen LogP contribution in [0.15, 0.2) is 48.5 Å². The van der Waals surface area contributed by atoms with Crippen LogP contribution in [0.4, 0.5) is 0 Å². The molecule has 126 valence electrons. The number of hydrogen-bond donors (Lipinski definition) is 1. The Morgan fingerprint density at radius 1 is 1.12 bits per heavy atom. The van der Waals surface area contributed by atoms with Gasteiger partial charge in [0.2, 0.25) is 5.91 Å². The number of rotatable bonds is 5. The molecule has 1 aliphatic heterocycles. The first-order chi connectivity index (χ1) is 11.6. The van der Waals surface area contributed by atoms with E-state index >= 15 is 0 Å². The van der Waals surface area contributed by atoms with Crippen molar-refractivity contribution in [1.82, 2.24) is 10.2 Å². The summed E-state index contributed by atoms with van der Waals surface area (Å²) in [5.74, 6) is 0.142. The summed E-state index contributed by atoms with van der Waals surface area (Å²) in [6, 6.07) is 17.4. The van der Waals surface area contributed by atoms with Crippen LogP contribution in [-0.2, 0) is 24.2 Å². The molecule has 2 aromatic carbocycles. The van der Waals surface area contributed by atoms with Crippen LogP contribution in [0.5, 0.6) is 0 Å². The van der Waals surface area contributed by atoms with E-state index in [4.69, 9.17) is 0 Å². The minimum absolute atomic E-state index is 0.142. The number of amides is 1. The number of nitrogens with zero attached hydrogens (tertiary/aromatic N) is 1. The highest BCUT2D eigenvalue weighted by Gasteiger charge is 2.23. The molecule has 2 aromatic rings. The van der Waals surface area contributed by atoms with E-state index in [9.17, 15) is 4.79 Å². The van der Waals surface area contributed by atoms with Crippen molar-refractivity contribution in [3.05, 3.63) is 70.8 Å². The van der Waals surface area contributed by atoms with Gasteiger partial charge in [-0.25, -0.2) is 0 Å². The van der Waals surface area contributed by atoms with Gasteiger partial charge in [-0.3, -0.25) is 9.69 Å². The fourth-order valence-electron chi connectivity index (χ4n) is 3.28. The summed E-state index contributed by atoms with van der Waals surface area (Å²) in [5.41, 5.74) is 5.29. The fourth-order valence-corrected chi connectivity index (χ4v) is 3.28. The standard InChI is InChI=1S/C21H26N2O/c1-16-7-9-17(10-8-16)11-12-21(24)22-14-20-13-18-5-3-4-6-19(18)15-23(20)2/h3-10,20H,11-15H2,1-2H3,(H,22,24)/t20-/m1/s1. The Morgan fingerprint density at radius 3 is 2.58 bits per heavy atom. The normalized spacial score (nSPS) is 17.3. The Bertz CT molecular complexity index is 693. The monoisotopic (exact) mass is 322 g/mol. The van der Waals surface area contributed by atoms with Gasteiger partial charge in [-0.1, -0.05) is 54.1 Å². The van der Waals surface area contributed by atoms with Gasteiger partial charge < -0.3 is 5.32 Å². The van der Waals surface area contributed by atoms with Crippen LogP contribution in [-0.4, -0.2) is 30.4 Å². The maximum atomic E-state index is 12.1. The second-order valence-corrected chi connectivity index (χ2v) is 6.83. The molecule has 24 heavy (non-hydrogen) atoms. The van der Waals surface area contributed by atoms with Crippen molar-refractivity contribution >= 4 is 5.91 Å². The summed E-state index contributed by atoms with van der Waals surface area (Å²) in [7, 11) is 2.14. The first-order valence-corrected chi connectivity index (χ1v) is 8.71. The molecule has 1 atom stereocenters. The second kappa shape index (κ2) is 7.63. The zero-order chi connectivity index (χ0) is 16.9. The van der Waals surface area contributed by atoms with Gasteiger partial charge in [-0.05, 0) is 43.5 Å². The van der Waals surface area contributed by atoms with Gasteiger partial charge in [0.25, 0.3) is 0 Å². The molecule has 0 bridgehead atoms. The highest BCUT2D eigenvalue weighted by Crippen LogP contribution is 2.21. The predicted molar refractivity (Wildman–Crippen MR) is 97.9 cm³/mol. The van der Waals surface area contributed by atoms with Crippen LogP contribution in [0, 0.1) is 6.92 Å². The molecule has 3 heteroatoms. The van der Waals surface area contributed by atoms with Crippen LogP contribution < -0.4 is 5.32 Å². The average molecular weight is 322 g/mol. The van der Waals surface area contributed by atoms with E-state index < -0.39 is 0 Å². The number of carbonyl (C=O) groups excluding carboxylic acids is 1. The van der Waals surface area contributed by atoms with Gasteiger partial charge in [-0.15, -0.1) is 0 Å². The number of hydrogen-bond acceptors (Lipinski definition) is 2. The summed E-state index contributed by atoms with van der Waals surface area (Å²) in [5, 5.41) is 3.11. The average Bonchev–Trinajstić information content (AvgIpc) is 2.59. The van der Waals surface area contributed by atoms with Crippen LogP contribution in [0.25, 0.3) is 0 Å². The van der Waals surface area contributed by atoms with Crippen molar-refractivity contribution in [2.75, 3.05) is 13.6 Å².